The minimum absolute atomic E-state index is 0. The van der Waals surface area contributed by atoms with Gasteiger partial charge in [-0.15, -0.1) is 12.4 Å². The van der Waals surface area contributed by atoms with Gasteiger partial charge in [0.15, 0.2) is 0 Å². The number of carbonyl (C=O) groups is 1. The van der Waals surface area contributed by atoms with Crippen LogP contribution in [0.4, 0.5) is 0 Å². The molecule has 0 aromatic heterocycles. The zero-order valence-corrected chi connectivity index (χ0v) is 6.18. The largest absolute Gasteiger partial charge is 0.309 e. The van der Waals surface area contributed by atoms with E-state index in [0.29, 0.717) is 0 Å². The third-order valence-corrected chi connectivity index (χ3v) is 0.648. The fourth-order valence-corrected chi connectivity index (χ4v) is 0.318. The Labute approximate surface area is 60.0 Å². The summed E-state index contributed by atoms with van der Waals surface area (Å²) in [6.45, 7) is 2.98. The van der Waals surface area contributed by atoms with Crippen molar-refractivity contribution in [2.45, 2.75) is 6.92 Å². The predicted molar refractivity (Wildman–Crippen MR) is 36.7 cm³/mol. The molecule has 0 saturated heterocycles. The van der Waals surface area contributed by atoms with Crippen LogP contribution in [0.3, 0.4) is 0 Å². The third-order valence-electron chi connectivity index (χ3n) is 0.514. The van der Waals surface area contributed by atoms with E-state index in [1.54, 1.807) is 0 Å². The van der Waals surface area contributed by atoms with Gasteiger partial charge in [-0.2, -0.15) is 0 Å². The molecule has 8 heavy (non-hydrogen) atoms. The van der Waals surface area contributed by atoms with Gasteiger partial charge in [0.1, 0.15) is 0 Å². The van der Waals surface area contributed by atoms with Crippen LogP contribution in [-0.4, -0.2) is 18.3 Å². The second kappa shape index (κ2) is 7.21. The van der Waals surface area contributed by atoms with Gasteiger partial charge < -0.3 is 5.32 Å². The first-order valence-corrected chi connectivity index (χ1v) is 2.54. The maximum absolute atomic E-state index is 9.91. The number of rotatable bonds is 3. The molecule has 0 rings (SSSR count). The topological polar surface area (TPSA) is 29.1 Å². The van der Waals surface area contributed by atoms with Crippen molar-refractivity contribution in [3.8, 4) is 0 Å². The highest BCUT2D eigenvalue weighted by Crippen LogP contribution is 1.72. The van der Waals surface area contributed by atoms with Crippen molar-refractivity contribution >= 4 is 29.3 Å². The van der Waals surface area contributed by atoms with Gasteiger partial charge in [-0.1, -0.05) is 6.92 Å². The van der Waals surface area contributed by atoms with E-state index in [1.807, 2.05) is 6.92 Å². The van der Waals surface area contributed by atoms with Crippen LogP contribution in [-0.2, 0) is 4.79 Å². The lowest BCUT2D eigenvalue weighted by Crippen LogP contribution is -2.18. The molecule has 0 bridgehead atoms. The predicted octanol–water partition coefficient (Wildman–Crippen LogP) is 0.783. The summed E-state index contributed by atoms with van der Waals surface area (Å²) in [6, 6.07) is 0. The van der Waals surface area contributed by atoms with Gasteiger partial charge in [-0.05, 0) is 18.1 Å². The lowest BCUT2D eigenvalue weighted by atomic mass is 10.6. The quantitative estimate of drug-likeness (QED) is 0.615. The van der Waals surface area contributed by atoms with Crippen LogP contribution < -0.4 is 5.32 Å². The average molecular weight is 158 g/mol. The molecule has 0 saturated carbocycles. The van der Waals surface area contributed by atoms with Gasteiger partial charge in [-0.3, -0.25) is 4.79 Å². The Morgan fingerprint density at radius 3 is 2.38 bits per heavy atom. The van der Waals surface area contributed by atoms with Crippen LogP contribution in [0, 0.1) is 0 Å². The molecule has 50 valence electrons. The number of halogens is 2. The molecular weight excluding hydrogens is 149 g/mol. The Hall–Kier alpha value is 0.210. The van der Waals surface area contributed by atoms with Crippen LogP contribution in [0.5, 0.6) is 0 Å². The van der Waals surface area contributed by atoms with Gasteiger partial charge in [-0.25, -0.2) is 0 Å². The molecule has 2 nitrogen and oxygen atoms in total. The molecule has 0 radical (unpaired) electrons. The van der Waals surface area contributed by atoms with Gasteiger partial charge in [0.05, 0.1) is 6.54 Å². The van der Waals surface area contributed by atoms with Gasteiger partial charge in [0.25, 0.3) is 0 Å². The molecule has 0 fully saturated rings. The lowest BCUT2D eigenvalue weighted by Gasteiger charge is -1.89. The maximum Gasteiger partial charge on any atom is 0.235 e. The molecule has 4 heteroatoms. The summed E-state index contributed by atoms with van der Waals surface area (Å²) in [4.78, 5) is 9.91. The summed E-state index contributed by atoms with van der Waals surface area (Å²) >= 11 is 4.96. The first kappa shape index (κ1) is 11.1. The summed E-state index contributed by atoms with van der Waals surface area (Å²) in [5, 5.41) is 2.43. The molecular formula is C4H9Cl2NO. The number of nitrogens with one attached hydrogen (secondary N) is 1. The minimum atomic E-state index is -0.332. The van der Waals surface area contributed by atoms with Crippen molar-refractivity contribution < 1.29 is 4.79 Å². The van der Waals surface area contributed by atoms with Crippen molar-refractivity contribution in [2.24, 2.45) is 0 Å². The first-order chi connectivity index (χ1) is 3.27. The van der Waals surface area contributed by atoms with E-state index in [4.69, 9.17) is 11.6 Å². The maximum atomic E-state index is 9.91. The molecule has 0 aliphatic rings. The molecule has 0 heterocycles. The smallest absolute Gasteiger partial charge is 0.235 e. The third kappa shape index (κ3) is 9.51. The highest BCUT2D eigenvalue weighted by Gasteiger charge is 1.88. The van der Waals surface area contributed by atoms with Gasteiger partial charge in [0.2, 0.25) is 5.24 Å². The van der Waals surface area contributed by atoms with Gasteiger partial charge in [0, 0.05) is 0 Å². The van der Waals surface area contributed by atoms with E-state index < -0.39 is 0 Å². The van der Waals surface area contributed by atoms with E-state index in [2.05, 4.69) is 5.32 Å². The second-order valence-corrected chi connectivity index (χ2v) is 1.56. The van der Waals surface area contributed by atoms with Gasteiger partial charge >= 0.3 is 0 Å². The summed E-state index contributed by atoms with van der Waals surface area (Å²) in [5.74, 6) is 0. The molecule has 0 amide bonds. The number of likely N-dealkylation sites (N-methyl/N-ethyl adjacent to an activating group) is 1. The van der Waals surface area contributed by atoms with Crippen LogP contribution in [0.1, 0.15) is 6.92 Å². The monoisotopic (exact) mass is 157 g/mol. The van der Waals surface area contributed by atoms with E-state index >= 15 is 0 Å². The number of carbonyl (C=O) groups excluding carboxylic acids is 1. The van der Waals surface area contributed by atoms with Crippen molar-refractivity contribution in [3.63, 3.8) is 0 Å². The zero-order valence-electron chi connectivity index (χ0n) is 4.61. The first-order valence-electron chi connectivity index (χ1n) is 2.16. The van der Waals surface area contributed by atoms with Crippen LogP contribution >= 0.6 is 24.0 Å². The van der Waals surface area contributed by atoms with Crippen molar-refractivity contribution in [3.05, 3.63) is 0 Å². The zero-order chi connectivity index (χ0) is 5.70. The average Bonchev–Trinajstić information content (AvgIpc) is 1.61. The molecule has 0 aromatic carbocycles. The molecule has 0 aromatic rings. The normalized spacial score (nSPS) is 7.75. The number of hydrogen-bond acceptors (Lipinski definition) is 2. The van der Waals surface area contributed by atoms with Crippen molar-refractivity contribution in [2.75, 3.05) is 13.1 Å². The molecule has 0 spiro atoms. The Balaban J connectivity index is 0. The Morgan fingerprint density at radius 1 is 1.75 bits per heavy atom. The Kier molecular flexibility index (Phi) is 9.97. The lowest BCUT2D eigenvalue weighted by molar-refractivity contribution is -0.110. The van der Waals surface area contributed by atoms with E-state index in [0.717, 1.165) is 6.54 Å². The highest BCUT2D eigenvalue weighted by molar-refractivity contribution is 6.64. The van der Waals surface area contributed by atoms with E-state index in [1.165, 1.54) is 0 Å². The Morgan fingerprint density at radius 2 is 2.25 bits per heavy atom. The number of hydrogen-bond donors (Lipinski definition) is 1. The van der Waals surface area contributed by atoms with E-state index in [9.17, 15) is 4.79 Å². The summed E-state index contributed by atoms with van der Waals surface area (Å²) in [5.41, 5.74) is 0. The fraction of sp³-hybridized carbons (Fsp3) is 0.750. The van der Waals surface area contributed by atoms with Crippen molar-refractivity contribution in [1.29, 1.82) is 0 Å². The molecule has 0 atom stereocenters. The summed E-state index contributed by atoms with van der Waals surface area (Å²) < 4.78 is 0. The minimum Gasteiger partial charge on any atom is -0.309 e. The Bertz CT molecular complexity index is 67.1. The molecule has 0 aliphatic carbocycles. The SMILES string of the molecule is CCNCC(=O)Cl.Cl. The van der Waals surface area contributed by atoms with Crippen LogP contribution in [0.25, 0.3) is 0 Å². The molecule has 0 unspecified atom stereocenters. The van der Waals surface area contributed by atoms with E-state index in [-0.39, 0.29) is 24.2 Å². The molecule has 0 aliphatic heterocycles. The summed E-state index contributed by atoms with van der Waals surface area (Å²) in [6.07, 6.45) is 0. The fourth-order valence-electron chi connectivity index (χ4n) is 0.223. The van der Waals surface area contributed by atoms with Crippen molar-refractivity contribution in [1.82, 2.24) is 5.32 Å². The molecule has 1 N–H and O–H groups in total. The second-order valence-electron chi connectivity index (χ2n) is 1.14. The summed E-state index contributed by atoms with van der Waals surface area (Å²) in [7, 11) is 0. The van der Waals surface area contributed by atoms with Crippen LogP contribution in [0.2, 0.25) is 0 Å². The van der Waals surface area contributed by atoms with Crippen LogP contribution in [0.15, 0.2) is 0 Å². The highest BCUT2D eigenvalue weighted by atomic mass is 35.5. The standard InChI is InChI=1S/C4H8ClNO.ClH/c1-2-6-3-4(5)7;/h6H,2-3H2,1H3;1H.